The summed E-state index contributed by atoms with van der Waals surface area (Å²) in [5.74, 6) is -1.84. The Balaban J connectivity index is 1.84. The summed E-state index contributed by atoms with van der Waals surface area (Å²) in [6.07, 6.45) is 1.57. The first-order valence-corrected chi connectivity index (χ1v) is 10.1. The number of esters is 1. The summed E-state index contributed by atoms with van der Waals surface area (Å²) < 4.78 is 11.2. The van der Waals surface area contributed by atoms with Crippen LogP contribution in [0.3, 0.4) is 0 Å². The van der Waals surface area contributed by atoms with Crippen LogP contribution in [-0.4, -0.2) is 40.2 Å². The van der Waals surface area contributed by atoms with Gasteiger partial charge in [0.2, 0.25) is 0 Å². The van der Waals surface area contributed by atoms with Gasteiger partial charge in [-0.1, -0.05) is 48.2 Å². The van der Waals surface area contributed by atoms with E-state index in [4.69, 9.17) is 21.7 Å². The molecule has 30 heavy (non-hydrogen) atoms. The van der Waals surface area contributed by atoms with Crippen molar-refractivity contribution in [3.8, 4) is 11.5 Å². The Morgan fingerprint density at radius 1 is 1.17 bits per heavy atom. The van der Waals surface area contributed by atoms with Crippen LogP contribution in [-0.2, 0) is 9.59 Å². The van der Waals surface area contributed by atoms with Crippen molar-refractivity contribution in [3.63, 3.8) is 0 Å². The zero-order valence-corrected chi connectivity index (χ0v) is 17.5. The molecule has 0 N–H and O–H groups in total. The third-order valence-electron chi connectivity index (χ3n) is 3.94. The molecule has 9 heteroatoms. The molecule has 0 aromatic heterocycles. The van der Waals surface area contributed by atoms with E-state index in [2.05, 4.69) is 0 Å². The third-order valence-corrected chi connectivity index (χ3v) is 5.32. The molecule has 0 bridgehead atoms. The molecule has 0 unspecified atom stereocenters. The number of thiocarbonyl (C=S) groups is 1. The number of carbonyl (C=O) groups excluding carboxylic acids is 3. The minimum absolute atomic E-state index is 0.147. The molecule has 2 aromatic carbocycles. The number of rotatable bonds is 7. The SMILES string of the molecule is CCOc1cc(C=C2SC(=S)N(CC(=O)[O-])C2=O)ccc1OC(=O)c1ccccc1. The standard InChI is InChI=1S/C21H17NO6S2/c1-2-27-16-10-13(11-17-19(25)22(12-18(23)24)21(29)30-17)8-9-15(16)28-20(26)14-6-4-3-5-7-14/h3-11H,2,12H2,1H3,(H,23,24)/p-1. The largest absolute Gasteiger partial charge is 0.548 e. The van der Waals surface area contributed by atoms with E-state index in [1.165, 1.54) is 0 Å². The number of carboxylic acids is 1. The maximum absolute atomic E-state index is 12.4. The molecule has 1 aliphatic rings. The van der Waals surface area contributed by atoms with Crippen molar-refractivity contribution in [3.05, 3.63) is 64.6 Å². The lowest BCUT2D eigenvalue weighted by atomic mass is 10.1. The molecule has 1 heterocycles. The van der Waals surface area contributed by atoms with Gasteiger partial charge >= 0.3 is 5.97 Å². The third kappa shape index (κ3) is 5.05. The zero-order chi connectivity index (χ0) is 21.7. The van der Waals surface area contributed by atoms with Gasteiger partial charge in [-0.15, -0.1) is 0 Å². The maximum atomic E-state index is 12.4. The predicted molar refractivity (Wildman–Crippen MR) is 114 cm³/mol. The second kappa shape index (κ2) is 9.55. The molecule has 1 aliphatic heterocycles. The van der Waals surface area contributed by atoms with Gasteiger partial charge in [0, 0.05) is 0 Å². The van der Waals surface area contributed by atoms with E-state index in [0.717, 1.165) is 16.7 Å². The number of thioether (sulfide) groups is 1. The van der Waals surface area contributed by atoms with Crippen molar-refractivity contribution in [2.24, 2.45) is 0 Å². The number of nitrogens with zero attached hydrogens (tertiary/aromatic N) is 1. The fraction of sp³-hybridized carbons (Fsp3) is 0.143. The van der Waals surface area contributed by atoms with Crippen LogP contribution in [0.1, 0.15) is 22.8 Å². The van der Waals surface area contributed by atoms with Crippen LogP contribution in [0.15, 0.2) is 53.4 Å². The summed E-state index contributed by atoms with van der Waals surface area (Å²) in [6.45, 7) is 1.54. The van der Waals surface area contributed by atoms with Crippen molar-refractivity contribution in [1.82, 2.24) is 4.90 Å². The predicted octanol–water partition coefficient (Wildman–Crippen LogP) is 2.26. The summed E-state index contributed by atoms with van der Waals surface area (Å²) in [5, 5.41) is 10.8. The van der Waals surface area contributed by atoms with Crippen LogP contribution >= 0.6 is 24.0 Å². The van der Waals surface area contributed by atoms with Crippen molar-refractivity contribution >= 4 is 52.2 Å². The summed E-state index contributed by atoms with van der Waals surface area (Å²) in [6, 6.07) is 13.4. The first-order chi connectivity index (χ1) is 14.4. The monoisotopic (exact) mass is 442 g/mol. The van der Waals surface area contributed by atoms with E-state index in [1.54, 1.807) is 61.5 Å². The van der Waals surface area contributed by atoms with E-state index in [1.807, 2.05) is 0 Å². The van der Waals surface area contributed by atoms with Crippen LogP contribution < -0.4 is 14.6 Å². The number of hydrogen-bond acceptors (Lipinski definition) is 8. The number of carboxylic acid groups (broad SMARTS) is 1. The molecule has 1 fully saturated rings. The van der Waals surface area contributed by atoms with Gasteiger partial charge in [-0.25, -0.2) is 4.79 Å². The summed E-state index contributed by atoms with van der Waals surface area (Å²) in [7, 11) is 0. The summed E-state index contributed by atoms with van der Waals surface area (Å²) in [4.78, 5) is 36.8. The second-order valence-electron chi connectivity index (χ2n) is 6.03. The van der Waals surface area contributed by atoms with Crippen molar-refractivity contribution in [2.75, 3.05) is 13.2 Å². The first kappa shape index (κ1) is 21.5. The molecule has 0 atom stereocenters. The Labute approximate surface area is 182 Å². The highest BCUT2D eigenvalue weighted by molar-refractivity contribution is 8.26. The Morgan fingerprint density at radius 2 is 1.90 bits per heavy atom. The zero-order valence-electron chi connectivity index (χ0n) is 15.8. The normalized spacial score (nSPS) is 14.8. The number of amides is 1. The molecule has 7 nitrogen and oxygen atoms in total. The average molecular weight is 442 g/mol. The number of hydrogen-bond donors (Lipinski definition) is 0. The molecular formula is C21H16NO6S2-. The van der Waals surface area contributed by atoms with Gasteiger partial charge in [-0.3, -0.25) is 9.69 Å². The van der Waals surface area contributed by atoms with Crippen LogP contribution in [0.5, 0.6) is 11.5 Å². The van der Waals surface area contributed by atoms with Crippen molar-refractivity contribution < 1.29 is 29.0 Å². The van der Waals surface area contributed by atoms with Crippen LogP contribution in [0, 0.1) is 0 Å². The molecule has 0 aliphatic carbocycles. The number of benzene rings is 2. The average Bonchev–Trinajstić information content (AvgIpc) is 2.97. The number of ether oxygens (including phenoxy) is 2. The van der Waals surface area contributed by atoms with Gasteiger partial charge in [0.15, 0.2) is 11.5 Å². The van der Waals surface area contributed by atoms with E-state index in [0.29, 0.717) is 23.5 Å². The molecule has 154 valence electrons. The Bertz CT molecular complexity index is 1040. The van der Waals surface area contributed by atoms with E-state index in [9.17, 15) is 19.5 Å². The fourth-order valence-electron chi connectivity index (χ4n) is 2.62. The lowest BCUT2D eigenvalue weighted by Crippen LogP contribution is -2.40. The van der Waals surface area contributed by atoms with E-state index >= 15 is 0 Å². The molecular weight excluding hydrogens is 426 g/mol. The number of aliphatic carboxylic acids is 1. The summed E-state index contributed by atoms with van der Waals surface area (Å²) >= 11 is 6.07. The quantitative estimate of drug-likeness (QED) is 0.279. The smallest absolute Gasteiger partial charge is 0.343 e. The first-order valence-electron chi connectivity index (χ1n) is 8.88. The second-order valence-corrected chi connectivity index (χ2v) is 7.71. The molecule has 0 spiro atoms. The number of carbonyl (C=O) groups is 3. The van der Waals surface area contributed by atoms with Gasteiger partial charge in [0.25, 0.3) is 5.91 Å². The molecule has 0 saturated carbocycles. The van der Waals surface area contributed by atoms with Crippen LogP contribution in [0.4, 0.5) is 0 Å². The van der Waals surface area contributed by atoms with E-state index in [-0.39, 0.29) is 15.0 Å². The van der Waals surface area contributed by atoms with Crippen LogP contribution in [0.2, 0.25) is 0 Å². The maximum Gasteiger partial charge on any atom is 0.343 e. The molecule has 2 aromatic rings. The highest BCUT2D eigenvalue weighted by atomic mass is 32.2. The molecule has 1 amide bonds. The minimum atomic E-state index is -1.39. The summed E-state index contributed by atoms with van der Waals surface area (Å²) in [5.41, 5.74) is 1.01. The van der Waals surface area contributed by atoms with Crippen molar-refractivity contribution in [2.45, 2.75) is 6.92 Å². The van der Waals surface area contributed by atoms with E-state index < -0.39 is 24.4 Å². The van der Waals surface area contributed by atoms with Crippen LogP contribution in [0.25, 0.3) is 6.08 Å². The van der Waals surface area contributed by atoms with Crippen molar-refractivity contribution in [1.29, 1.82) is 0 Å². The van der Waals surface area contributed by atoms with Gasteiger partial charge in [0.05, 0.1) is 29.6 Å². The topological polar surface area (TPSA) is 96.0 Å². The Kier molecular flexibility index (Phi) is 6.86. The van der Waals surface area contributed by atoms with Gasteiger partial charge in [-0.05, 0) is 42.8 Å². The highest BCUT2D eigenvalue weighted by Crippen LogP contribution is 2.35. The fourth-order valence-corrected chi connectivity index (χ4v) is 3.87. The lowest BCUT2D eigenvalue weighted by Gasteiger charge is -2.14. The molecule has 3 rings (SSSR count). The molecule has 1 saturated heterocycles. The lowest BCUT2D eigenvalue weighted by molar-refractivity contribution is -0.305. The minimum Gasteiger partial charge on any atom is -0.548 e. The van der Waals surface area contributed by atoms with Gasteiger partial charge in [0.1, 0.15) is 4.32 Å². The Morgan fingerprint density at radius 3 is 2.57 bits per heavy atom. The Hall–Kier alpha value is -3.17. The van der Waals surface area contributed by atoms with Gasteiger partial charge < -0.3 is 19.4 Å². The highest BCUT2D eigenvalue weighted by Gasteiger charge is 2.32. The van der Waals surface area contributed by atoms with Gasteiger partial charge in [-0.2, -0.15) is 0 Å². The molecule has 0 radical (unpaired) electrons.